The fourth-order valence-electron chi connectivity index (χ4n) is 2.22. The summed E-state index contributed by atoms with van der Waals surface area (Å²) < 4.78 is 35.4. The molecule has 0 aromatic heterocycles. The van der Waals surface area contributed by atoms with E-state index in [9.17, 15) is 13.2 Å². The summed E-state index contributed by atoms with van der Waals surface area (Å²) in [5, 5.41) is 0. The first kappa shape index (κ1) is 17.7. The van der Waals surface area contributed by atoms with E-state index < -0.39 is 27.5 Å². The highest BCUT2D eigenvalue weighted by Crippen LogP contribution is 2.36. The van der Waals surface area contributed by atoms with Crippen LogP contribution in [0.2, 0.25) is 0 Å². The zero-order valence-electron chi connectivity index (χ0n) is 14.1. The van der Waals surface area contributed by atoms with E-state index in [2.05, 4.69) is 0 Å². The third kappa shape index (κ3) is 4.03. The molecule has 2 rings (SSSR count). The Bertz CT molecular complexity index is 690. The van der Waals surface area contributed by atoms with Gasteiger partial charge in [0.2, 0.25) is 0 Å². The molecule has 1 fully saturated rings. The molecule has 6 nitrogen and oxygen atoms in total. The van der Waals surface area contributed by atoms with Crippen molar-refractivity contribution in [3.8, 4) is 0 Å². The van der Waals surface area contributed by atoms with E-state index in [0.717, 1.165) is 5.56 Å². The molecule has 7 heteroatoms. The van der Waals surface area contributed by atoms with Crippen LogP contribution in [0.1, 0.15) is 39.7 Å². The molecule has 1 saturated heterocycles. The van der Waals surface area contributed by atoms with Crippen LogP contribution in [0.15, 0.2) is 29.2 Å². The number of hydrogen-bond acceptors (Lipinski definition) is 5. The number of aryl methyl sites for hydroxylation is 1. The number of hydrogen-bond donors (Lipinski definition) is 0. The van der Waals surface area contributed by atoms with Gasteiger partial charge in [0.05, 0.1) is 4.90 Å². The second-order valence-electron chi connectivity index (χ2n) is 6.91. The Morgan fingerprint density at radius 1 is 1.22 bits per heavy atom. The molecule has 0 unspecified atom stereocenters. The summed E-state index contributed by atoms with van der Waals surface area (Å²) in [6.07, 6.45) is -0.150. The van der Waals surface area contributed by atoms with Gasteiger partial charge in [-0.05, 0) is 46.8 Å². The molecule has 1 aromatic rings. The second-order valence-corrected chi connectivity index (χ2v) is 8.45. The fraction of sp³-hybridized carbons (Fsp3) is 0.562. The van der Waals surface area contributed by atoms with Gasteiger partial charge in [-0.2, -0.15) is 8.42 Å². The van der Waals surface area contributed by atoms with Crippen LogP contribution in [-0.2, 0) is 19.0 Å². The third-order valence-corrected chi connectivity index (χ3v) is 5.01. The van der Waals surface area contributed by atoms with E-state index >= 15 is 0 Å². The van der Waals surface area contributed by atoms with E-state index in [-0.39, 0.29) is 4.90 Å². The molecular formula is C16H23NO5S. The summed E-state index contributed by atoms with van der Waals surface area (Å²) >= 11 is 0. The monoisotopic (exact) mass is 341 g/mol. The Morgan fingerprint density at radius 3 is 2.22 bits per heavy atom. The van der Waals surface area contributed by atoms with Crippen LogP contribution in [0.5, 0.6) is 0 Å². The van der Waals surface area contributed by atoms with Crippen molar-refractivity contribution in [1.29, 1.82) is 0 Å². The molecule has 1 aromatic carbocycles. The highest BCUT2D eigenvalue weighted by molar-refractivity contribution is 7.86. The number of ether oxygens (including phenoxy) is 1. The summed E-state index contributed by atoms with van der Waals surface area (Å²) in [4.78, 5) is 13.5. The minimum Gasteiger partial charge on any atom is -0.444 e. The van der Waals surface area contributed by atoms with Gasteiger partial charge >= 0.3 is 6.09 Å². The number of likely N-dealkylation sites (tertiary alicyclic amines) is 1. The summed E-state index contributed by atoms with van der Waals surface area (Å²) in [5.74, 6) is 0. The van der Waals surface area contributed by atoms with Gasteiger partial charge in [0.15, 0.2) is 5.72 Å². The molecule has 0 N–H and O–H groups in total. The van der Waals surface area contributed by atoms with Crippen molar-refractivity contribution < 1.29 is 22.1 Å². The average molecular weight is 341 g/mol. The van der Waals surface area contributed by atoms with Crippen molar-refractivity contribution in [2.75, 3.05) is 6.54 Å². The number of carbonyl (C=O) groups is 1. The first-order valence-corrected chi connectivity index (χ1v) is 8.87. The largest absolute Gasteiger partial charge is 0.444 e. The molecule has 0 bridgehead atoms. The van der Waals surface area contributed by atoms with Crippen LogP contribution in [0, 0.1) is 6.92 Å². The lowest BCUT2D eigenvalue weighted by Crippen LogP contribution is -2.63. The van der Waals surface area contributed by atoms with Crippen LogP contribution >= 0.6 is 0 Å². The standard InChI is InChI=1S/C16H23NO5S/c1-12-6-8-13(9-7-12)23(19,20)22-16(5)10-11-17(16)14(18)21-15(2,3)4/h6-9H,10-11H2,1-5H3/t16-/m0/s1. The van der Waals surface area contributed by atoms with Crippen LogP contribution in [0.25, 0.3) is 0 Å². The van der Waals surface area contributed by atoms with Crippen molar-refractivity contribution in [3.63, 3.8) is 0 Å². The number of nitrogens with zero attached hydrogens (tertiary/aromatic N) is 1. The van der Waals surface area contributed by atoms with Gasteiger partial charge in [-0.3, -0.25) is 4.90 Å². The summed E-state index contributed by atoms with van der Waals surface area (Å²) in [5.41, 5.74) is -0.913. The molecule has 1 atom stereocenters. The van der Waals surface area contributed by atoms with Gasteiger partial charge in [-0.25, -0.2) is 8.98 Å². The van der Waals surface area contributed by atoms with E-state index in [4.69, 9.17) is 8.92 Å². The predicted molar refractivity (Wildman–Crippen MR) is 85.4 cm³/mol. The molecule has 1 aliphatic rings. The van der Waals surface area contributed by atoms with Crippen molar-refractivity contribution >= 4 is 16.2 Å². The van der Waals surface area contributed by atoms with Gasteiger partial charge < -0.3 is 4.74 Å². The molecule has 1 aliphatic heterocycles. The lowest BCUT2D eigenvalue weighted by Gasteiger charge is -2.48. The maximum Gasteiger partial charge on any atom is 0.412 e. The predicted octanol–water partition coefficient (Wildman–Crippen LogP) is 3.06. The molecule has 0 aliphatic carbocycles. The van der Waals surface area contributed by atoms with Crippen molar-refractivity contribution in [3.05, 3.63) is 29.8 Å². The van der Waals surface area contributed by atoms with Gasteiger partial charge in [0.1, 0.15) is 5.60 Å². The summed E-state index contributed by atoms with van der Waals surface area (Å²) in [7, 11) is -3.96. The van der Waals surface area contributed by atoms with E-state index in [0.29, 0.717) is 13.0 Å². The zero-order chi connectivity index (χ0) is 17.5. The van der Waals surface area contributed by atoms with Crippen molar-refractivity contribution in [1.82, 2.24) is 4.90 Å². The average Bonchev–Trinajstić information content (AvgIpc) is 2.35. The number of benzene rings is 1. The Balaban J connectivity index is 2.15. The van der Waals surface area contributed by atoms with Crippen LogP contribution < -0.4 is 0 Å². The minimum atomic E-state index is -3.96. The quantitative estimate of drug-likeness (QED) is 0.790. The van der Waals surface area contributed by atoms with Crippen LogP contribution in [0.4, 0.5) is 4.79 Å². The maximum absolute atomic E-state index is 12.4. The van der Waals surface area contributed by atoms with E-state index in [1.165, 1.54) is 17.0 Å². The normalized spacial score (nSPS) is 21.7. The number of carbonyl (C=O) groups excluding carboxylic acids is 1. The van der Waals surface area contributed by atoms with Crippen LogP contribution in [-0.4, -0.2) is 37.3 Å². The molecule has 23 heavy (non-hydrogen) atoms. The first-order chi connectivity index (χ1) is 10.4. The molecule has 1 heterocycles. The fourth-order valence-corrected chi connectivity index (χ4v) is 3.43. The molecule has 0 spiro atoms. The lowest BCUT2D eigenvalue weighted by atomic mass is 10.0. The van der Waals surface area contributed by atoms with Crippen molar-refractivity contribution in [2.24, 2.45) is 0 Å². The Hall–Kier alpha value is -1.60. The zero-order valence-corrected chi connectivity index (χ0v) is 14.9. The second kappa shape index (κ2) is 5.79. The van der Waals surface area contributed by atoms with Crippen LogP contribution in [0.3, 0.4) is 0 Å². The minimum absolute atomic E-state index is 0.0698. The van der Waals surface area contributed by atoms with Gasteiger partial charge in [-0.15, -0.1) is 0 Å². The SMILES string of the molecule is Cc1ccc(S(=O)(=O)O[C@@]2(C)CCN2C(=O)OC(C)(C)C)cc1. The summed E-state index contributed by atoms with van der Waals surface area (Å²) in [6, 6.07) is 6.38. The topological polar surface area (TPSA) is 72.9 Å². The van der Waals surface area contributed by atoms with E-state index in [1.807, 2.05) is 6.92 Å². The third-order valence-electron chi connectivity index (χ3n) is 3.58. The molecule has 0 radical (unpaired) electrons. The Morgan fingerprint density at radius 2 is 1.78 bits per heavy atom. The first-order valence-electron chi connectivity index (χ1n) is 7.46. The number of rotatable bonds is 3. The summed E-state index contributed by atoms with van der Waals surface area (Å²) in [6.45, 7) is 9.11. The lowest BCUT2D eigenvalue weighted by molar-refractivity contribution is -0.134. The van der Waals surface area contributed by atoms with E-state index in [1.54, 1.807) is 39.8 Å². The number of amides is 1. The van der Waals surface area contributed by atoms with Gasteiger partial charge in [0.25, 0.3) is 10.1 Å². The molecule has 1 amide bonds. The van der Waals surface area contributed by atoms with Gasteiger partial charge in [-0.1, -0.05) is 17.7 Å². The highest BCUT2D eigenvalue weighted by Gasteiger charge is 2.49. The Labute approximate surface area is 137 Å². The molecule has 0 saturated carbocycles. The van der Waals surface area contributed by atoms with Crippen molar-refractivity contribution in [2.45, 2.75) is 57.3 Å². The molecule has 128 valence electrons. The Kier molecular flexibility index (Phi) is 4.47. The smallest absolute Gasteiger partial charge is 0.412 e. The highest BCUT2D eigenvalue weighted by atomic mass is 32.2. The maximum atomic E-state index is 12.4. The van der Waals surface area contributed by atoms with Gasteiger partial charge in [0, 0.05) is 13.0 Å². The molecular weight excluding hydrogens is 318 g/mol.